The first-order valence-electron chi connectivity index (χ1n) is 8.32. The molecule has 28 heavy (non-hydrogen) atoms. The van der Waals surface area contributed by atoms with Gasteiger partial charge in [-0.25, -0.2) is 4.98 Å². The maximum atomic E-state index is 11.3. The summed E-state index contributed by atoms with van der Waals surface area (Å²) in [5.41, 5.74) is 1.96. The fourth-order valence-corrected chi connectivity index (χ4v) is 3.46. The Hall–Kier alpha value is -3.88. The first kappa shape index (κ1) is 17.5. The second kappa shape index (κ2) is 6.38. The van der Waals surface area contributed by atoms with Crippen LogP contribution in [0.3, 0.4) is 0 Å². The number of ether oxygens (including phenoxy) is 2. The van der Waals surface area contributed by atoms with Crippen molar-refractivity contribution in [1.82, 2.24) is 15.2 Å². The molecule has 4 aromatic rings. The Morgan fingerprint density at radius 1 is 1.18 bits per heavy atom. The molecule has 0 aliphatic rings. The molecule has 0 atom stereocenters. The number of nitro benzene ring substituents is 1. The summed E-state index contributed by atoms with van der Waals surface area (Å²) in [4.78, 5) is 15.2. The predicted molar refractivity (Wildman–Crippen MR) is 103 cm³/mol. The topological polar surface area (TPSA) is 123 Å². The predicted octanol–water partition coefficient (Wildman–Crippen LogP) is 3.72. The number of aryl methyl sites for hydroxylation is 1. The minimum Gasteiger partial charge on any atom is -0.502 e. The van der Waals surface area contributed by atoms with E-state index in [1.54, 1.807) is 25.4 Å². The largest absolute Gasteiger partial charge is 0.502 e. The normalized spacial score (nSPS) is 11.1. The highest BCUT2D eigenvalue weighted by molar-refractivity contribution is 6.12. The molecule has 2 aromatic carbocycles. The fourth-order valence-electron chi connectivity index (χ4n) is 3.46. The lowest BCUT2D eigenvalue weighted by atomic mass is 9.97. The van der Waals surface area contributed by atoms with Crippen LogP contribution in [0, 0.1) is 17.0 Å². The SMILES string of the molecule is COc1cc2c(-c3ccc(O)c([N+](=O)[O-])c3)nc3[nH]ncc3c2c(C)c1OC. The Balaban J connectivity index is 2.15. The summed E-state index contributed by atoms with van der Waals surface area (Å²) in [6.45, 7) is 1.90. The van der Waals surface area contributed by atoms with E-state index in [1.165, 1.54) is 19.2 Å². The van der Waals surface area contributed by atoms with Crippen LogP contribution in [0.15, 0.2) is 30.5 Å². The van der Waals surface area contributed by atoms with Crippen LogP contribution in [-0.4, -0.2) is 39.4 Å². The van der Waals surface area contributed by atoms with Gasteiger partial charge in [0.2, 0.25) is 0 Å². The summed E-state index contributed by atoms with van der Waals surface area (Å²) < 4.78 is 11.0. The molecule has 0 spiro atoms. The number of aromatic amines is 1. The summed E-state index contributed by atoms with van der Waals surface area (Å²) in [5, 5.41) is 30.3. The zero-order valence-corrected chi connectivity index (χ0v) is 15.3. The number of phenols is 1. The van der Waals surface area contributed by atoms with Crippen molar-refractivity contribution in [3.63, 3.8) is 0 Å². The summed E-state index contributed by atoms with van der Waals surface area (Å²) in [6, 6.07) is 5.95. The average Bonchev–Trinajstić information content (AvgIpc) is 3.15. The molecule has 142 valence electrons. The fraction of sp³-hybridized carbons (Fsp3) is 0.158. The number of H-pyrrole nitrogens is 1. The lowest BCUT2D eigenvalue weighted by Gasteiger charge is -2.16. The molecule has 2 heterocycles. The van der Waals surface area contributed by atoms with Gasteiger partial charge in [0.1, 0.15) is 0 Å². The first-order valence-corrected chi connectivity index (χ1v) is 8.32. The molecule has 9 heteroatoms. The third-order valence-corrected chi connectivity index (χ3v) is 4.72. The number of nitrogens with one attached hydrogen (secondary N) is 1. The van der Waals surface area contributed by atoms with Crippen LogP contribution in [-0.2, 0) is 0 Å². The van der Waals surface area contributed by atoms with Crippen molar-refractivity contribution >= 4 is 27.5 Å². The van der Waals surface area contributed by atoms with Crippen molar-refractivity contribution in [2.45, 2.75) is 6.92 Å². The van der Waals surface area contributed by atoms with Crippen molar-refractivity contribution in [2.24, 2.45) is 0 Å². The molecule has 2 aromatic heterocycles. The Morgan fingerprint density at radius 2 is 1.96 bits per heavy atom. The number of nitro groups is 1. The lowest BCUT2D eigenvalue weighted by Crippen LogP contribution is -1.97. The van der Waals surface area contributed by atoms with Gasteiger partial charge >= 0.3 is 5.69 Å². The highest BCUT2D eigenvalue weighted by atomic mass is 16.6. The van der Waals surface area contributed by atoms with Gasteiger partial charge < -0.3 is 14.6 Å². The van der Waals surface area contributed by atoms with Gasteiger partial charge in [-0.1, -0.05) is 0 Å². The second-order valence-electron chi connectivity index (χ2n) is 6.21. The van der Waals surface area contributed by atoms with Crippen LogP contribution in [0.4, 0.5) is 5.69 Å². The van der Waals surface area contributed by atoms with E-state index in [0.717, 1.165) is 21.7 Å². The molecule has 0 saturated heterocycles. The number of benzene rings is 2. The van der Waals surface area contributed by atoms with Gasteiger partial charge in [-0.2, -0.15) is 5.10 Å². The summed E-state index contributed by atoms with van der Waals surface area (Å²) in [6.07, 6.45) is 1.67. The second-order valence-corrected chi connectivity index (χ2v) is 6.21. The molecule has 0 saturated carbocycles. The Kier molecular flexibility index (Phi) is 3.99. The molecule has 0 unspecified atom stereocenters. The molecule has 4 rings (SSSR count). The number of fused-ring (bicyclic) bond motifs is 3. The minimum atomic E-state index is -0.634. The highest BCUT2D eigenvalue weighted by Crippen LogP contribution is 2.43. The molecule has 0 fully saturated rings. The molecule has 0 aliphatic heterocycles. The van der Waals surface area contributed by atoms with E-state index in [4.69, 9.17) is 9.47 Å². The van der Waals surface area contributed by atoms with Crippen LogP contribution < -0.4 is 9.47 Å². The number of nitrogens with zero attached hydrogens (tertiary/aromatic N) is 3. The smallest absolute Gasteiger partial charge is 0.311 e. The average molecular weight is 380 g/mol. The minimum absolute atomic E-state index is 0.394. The number of aromatic hydroxyl groups is 1. The van der Waals surface area contributed by atoms with Crippen molar-refractivity contribution < 1.29 is 19.5 Å². The van der Waals surface area contributed by atoms with Crippen LogP contribution in [0.25, 0.3) is 33.1 Å². The van der Waals surface area contributed by atoms with Gasteiger partial charge in [0.15, 0.2) is 22.9 Å². The zero-order chi connectivity index (χ0) is 20.0. The molecule has 0 amide bonds. The van der Waals surface area contributed by atoms with Crippen LogP contribution in [0.5, 0.6) is 17.2 Å². The van der Waals surface area contributed by atoms with Gasteiger partial charge in [0.25, 0.3) is 0 Å². The molecule has 2 N–H and O–H groups in total. The first-order chi connectivity index (χ1) is 13.5. The van der Waals surface area contributed by atoms with Crippen molar-refractivity contribution in [2.75, 3.05) is 14.2 Å². The molecular formula is C19H16N4O5. The van der Waals surface area contributed by atoms with Crippen molar-refractivity contribution in [3.8, 4) is 28.5 Å². The third kappa shape index (κ3) is 2.48. The Morgan fingerprint density at radius 3 is 2.64 bits per heavy atom. The number of rotatable bonds is 4. The number of hydrogen-bond acceptors (Lipinski definition) is 7. The molecular weight excluding hydrogens is 364 g/mol. The van der Waals surface area contributed by atoms with Crippen molar-refractivity contribution in [1.29, 1.82) is 0 Å². The third-order valence-electron chi connectivity index (χ3n) is 4.72. The number of phenolic OH excluding ortho intramolecular Hbond substituents is 1. The van der Waals surface area contributed by atoms with Gasteiger partial charge in [-0.05, 0) is 25.1 Å². The van der Waals surface area contributed by atoms with Crippen LogP contribution >= 0.6 is 0 Å². The highest BCUT2D eigenvalue weighted by Gasteiger charge is 2.21. The maximum Gasteiger partial charge on any atom is 0.311 e. The standard InChI is InChI=1S/C19H16N4O5/c1-9-16-11(7-15(27-2)18(9)28-3)17(21-19-12(16)8-20-22-19)10-4-5-14(24)13(6-10)23(25)26/h4-8,24H,1-3H3,(H,20,21,22). The Labute approximate surface area is 158 Å². The molecule has 0 aliphatic carbocycles. The van der Waals surface area contributed by atoms with E-state index in [1.807, 2.05) is 6.92 Å². The van der Waals surface area contributed by atoms with E-state index >= 15 is 0 Å². The van der Waals surface area contributed by atoms with Gasteiger partial charge in [-0.15, -0.1) is 0 Å². The number of methoxy groups -OCH3 is 2. The van der Waals surface area contributed by atoms with E-state index in [2.05, 4.69) is 15.2 Å². The van der Waals surface area contributed by atoms with Crippen LogP contribution in [0.1, 0.15) is 5.56 Å². The van der Waals surface area contributed by atoms with E-state index in [-0.39, 0.29) is 0 Å². The van der Waals surface area contributed by atoms with Crippen LogP contribution in [0.2, 0.25) is 0 Å². The molecule has 0 bridgehead atoms. The van der Waals surface area contributed by atoms with E-state index < -0.39 is 16.4 Å². The lowest BCUT2D eigenvalue weighted by molar-refractivity contribution is -0.385. The van der Waals surface area contributed by atoms with Gasteiger partial charge in [0.05, 0.1) is 31.0 Å². The Bertz CT molecular complexity index is 1250. The molecule has 0 radical (unpaired) electrons. The quantitative estimate of drug-likeness (QED) is 0.408. The van der Waals surface area contributed by atoms with Gasteiger partial charge in [-0.3, -0.25) is 15.2 Å². The van der Waals surface area contributed by atoms with Gasteiger partial charge in [0, 0.05) is 33.4 Å². The number of hydrogen-bond donors (Lipinski definition) is 2. The number of aromatic nitrogens is 3. The summed E-state index contributed by atoms with van der Waals surface area (Å²) in [7, 11) is 3.10. The van der Waals surface area contributed by atoms with E-state index in [9.17, 15) is 15.2 Å². The number of pyridine rings is 1. The zero-order valence-electron chi connectivity index (χ0n) is 15.3. The van der Waals surface area contributed by atoms with E-state index in [0.29, 0.717) is 28.4 Å². The molecule has 9 nitrogen and oxygen atoms in total. The maximum absolute atomic E-state index is 11.3. The van der Waals surface area contributed by atoms with Crippen molar-refractivity contribution in [3.05, 3.63) is 46.1 Å². The summed E-state index contributed by atoms with van der Waals surface area (Å²) in [5.74, 6) is 0.703. The summed E-state index contributed by atoms with van der Waals surface area (Å²) >= 11 is 0. The monoisotopic (exact) mass is 380 g/mol.